The van der Waals surface area contributed by atoms with Gasteiger partial charge in [0, 0.05) is 19.5 Å². The highest BCUT2D eigenvalue weighted by Gasteiger charge is 2.22. The normalized spacial score (nSPS) is 11.5. The first kappa shape index (κ1) is 17.7. The van der Waals surface area contributed by atoms with Crippen molar-refractivity contribution in [2.45, 2.75) is 18.9 Å². The molecular formula is C19H22N2O3. The number of nitrogens with one attached hydrogen (secondary N) is 1. The van der Waals surface area contributed by atoms with Gasteiger partial charge in [0.25, 0.3) is 0 Å². The van der Waals surface area contributed by atoms with Crippen LogP contribution in [0.25, 0.3) is 0 Å². The molecule has 2 aromatic rings. The highest BCUT2D eigenvalue weighted by atomic mass is 16.5. The average molecular weight is 326 g/mol. The Morgan fingerprint density at radius 1 is 1.00 bits per heavy atom. The minimum absolute atomic E-state index is 0.172. The second-order valence-electron chi connectivity index (χ2n) is 5.40. The van der Waals surface area contributed by atoms with Crippen molar-refractivity contribution in [3.63, 3.8) is 0 Å². The van der Waals surface area contributed by atoms with Gasteiger partial charge in [-0.1, -0.05) is 60.7 Å². The van der Waals surface area contributed by atoms with E-state index in [1.54, 1.807) is 0 Å². The van der Waals surface area contributed by atoms with Crippen LogP contribution in [-0.2, 0) is 20.9 Å². The predicted molar refractivity (Wildman–Crippen MR) is 92.1 cm³/mol. The van der Waals surface area contributed by atoms with Crippen molar-refractivity contribution < 1.29 is 14.3 Å². The molecule has 0 radical (unpaired) electrons. The molecule has 0 aliphatic rings. The molecule has 24 heavy (non-hydrogen) atoms. The van der Waals surface area contributed by atoms with E-state index in [4.69, 9.17) is 10.5 Å². The third-order valence-electron chi connectivity index (χ3n) is 3.59. The number of ether oxygens (including phenoxy) is 1. The Hall–Kier alpha value is -2.66. The van der Waals surface area contributed by atoms with Crippen molar-refractivity contribution in [1.82, 2.24) is 5.32 Å². The highest BCUT2D eigenvalue weighted by molar-refractivity contribution is 5.81. The van der Waals surface area contributed by atoms with Crippen LogP contribution in [0.15, 0.2) is 60.7 Å². The fourth-order valence-electron chi connectivity index (χ4n) is 2.29. The minimum Gasteiger partial charge on any atom is -0.460 e. The summed E-state index contributed by atoms with van der Waals surface area (Å²) in [7, 11) is 0. The predicted octanol–water partition coefficient (Wildman–Crippen LogP) is 1.98. The maximum absolute atomic E-state index is 12.5. The number of hydrogen-bond donors (Lipinski definition) is 2. The number of rotatable bonds is 8. The Labute approximate surface area is 141 Å². The quantitative estimate of drug-likeness (QED) is 0.727. The summed E-state index contributed by atoms with van der Waals surface area (Å²) in [4.78, 5) is 24.1. The topological polar surface area (TPSA) is 81.4 Å². The molecule has 0 aromatic heterocycles. The standard InChI is InChI=1S/C19H22N2O3/c20-12-11-18(22)21-13-17(16-9-5-2-6-10-16)19(23)24-14-15-7-3-1-4-8-15/h1-10,17H,11-14,20H2,(H,21,22). The van der Waals surface area contributed by atoms with Crippen LogP contribution >= 0.6 is 0 Å². The van der Waals surface area contributed by atoms with Gasteiger partial charge in [0.15, 0.2) is 0 Å². The van der Waals surface area contributed by atoms with Crippen molar-refractivity contribution in [3.05, 3.63) is 71.8 Å². The molecular weight excluding hydrogens is 304 g/mol. The van der Waals surface area contributed by atoms with E-state index in [2.05, 4.69) is 5.32 Å². The van der Waals surface area contributed by atoms with E-state index in [1.165, 1.54) is 0 Å². The van der Waals surface area contributed by atoms with E-state index < -0.39 is 5.92 Å². The summed E-state index contributed by atoms with van der Waals surface area (Å²) in [5, 5.41) is 2.74. The van der Waals surface area contributed by atoms with Gasteiger partial charge in [0.05, 0.1) is 5.92 Å². The minimum atomic E-state index is -0.545. The van der Waals surface area contributed by atoms with Crippen LogP contribution in [0.1, 0.15) is 23.5 Å². The van der Waals surface area contributed by atoms with Crippen LogP contribution in [0.4, 0.5) is 0 Å². The van der Waals surface area contributed by atoms with Crippen molar-refractivity contribution in [2.75, 3.05) is 13.1 Å². The van der Waals surface area contributed by atoms with Gasteiger partial charge >= 0.3 is 5.97 Å². The molecule has 3 N–H and O–H groups in total. The molecule has 5 nitrogen and oxygen atoms in total. The van der Waals surface area contributed by atoms with Gasteiger partial charge in [0.1, 0.15) is 6.61 Å². The molecule has 0 aliphatic heterocycles. The number of nitrogens with two attached hydrogens (primary N) is 1. The van der Waals surface area contributed by atoms with E-state index in [0.29, 0.717) is 0 Å². The molecule has 0 spiro atoms. The number of hydrogen-bond acceptors (Lipinski definition) is 4. The Morgan fingerprint density at radius 2 is 1.62 bits per heavy atom. The molecule has 1 unspecified atom stereocenters. The molecule has 0 aliphatic carbocycles. The van der Waals surface area contributed by atoms with Crippen LogP contribution in [0.3, 0.4) is 0 Å². The van der Waals surface area contributed by atoms with Gasteiger partial charge < -0.3 is 15.8 Å². The van der Waals surface area contributed by atoms with Gasteiger partial charge in [-0.2, -0.15) is 0 Å². The molecule has 5 heteroatoms. The molecule has 0 saturated heterocycles. The van der Waals surface area contributed by atoms with Crippen molar-refractivity contribution >= 4 is 11.9 Å². The van der Waals surface area contributed by atoms with Crippen LogP contribution in [0, 0.1) is 0 Å². The molecule has 126 valence electrons. The summed E-state index contributed by atoms with van der Waals surface area (Å²) < 4.78 is 5.42. The first-order chi connectivity index (χ1) is 11.7. The SMILES string of the molecule is NCCC(=O)NCC(C(=O)OCc1ccccc1)c1ccccc1. The molecule has 2 aromatic carbocycles. The maximum Gasteiger partial charge on any atom is 0.315 e. The fourth-order valence-corrected chi connectivity index (χ4v) is 2.29. The first-order valence-electron chi connectivity index (χ1n) is 7.93. The Balaban J connectivity index is 2.01. The fraction of sp³-hybridized carbons (Fsp3) is 0.263. The Bertz CT molecular complexity index is 644. The average Bonchev–Trinajstić information content (AvgIpc) is 2.62. The highest BCUT2D eigenvalue weighted by Crippen LogP contribution is 2.17. The molecule has 0 heterocycles. The maximum atomic E-state index is 12.5. The summed E-state index contributed by atoms with van der Waals surface area (Å²) in [5.41, 5.74) is 7.10. The summed E-state index contributed by atoms with van der Waals surface area (Å²) in [6.07, 6.45) is 0.237. The summed E-state index contributed by atoms with van der Waals surface area (Å²) >= 11 is 0. The molecule has 0 bridgehead atoms. The van der Waals surface area contributed by atoms with E-state index in [9.17, 15) is 9.59 Å². The molecule has 2 rings (SSSR count). The van der Waals surface area contributed by atoms with Crippen molar-refractivity contribution in [3.8, 4) is 0 Å². The molecule has 0 fully saturated rings. The van der Waals surface area contributed by atoms with Gasteiger partial charge in [-0.25, -0.2) is 0 Å². The molecule has 1 atom stereocenters. The lowest BCUT2D eigenvalue weighted by Gasteiger charge is -2.17. The monoisotopic (exact) mass is 326 g/mol. The van der Waals surface area contributed by atoms with Gasteiger partial charge in [0.2, 0.25) is 5.91 Å². The van der Waals surface area contributed by atoms with Crippen molar-refractivity contribution in [1.29, 1.82) is 0 Å². The van der Waals surface area contributed by atoms with E-state index in [0.717, 1.165) is 11.1 Å². The lowest BCUT2D eigenvalue weighted by molar-refractivity contribution is -0.146. The largest absolute Gasteiger partial charge is 0.460 e. The third kappa shape index (κ3) is 5.52. The summed E-state index contributed by atoms with van der Waals surface area (Å²) in [6.45, 7) is 0.677. The van der Waals surface area contributed by atoms with Crippen LogP contribution < -0.4 is 11.1 Å². The summed E-state index contributed by atoms with van der Waals surface area (Å²) in [5.74, 6) is -1.08. The second-order valence-corrected chi connectivity index (χ2v) is 5.40. The van der Waals surface area contributed by atoms with Crippen LogP contribution in [0.2, 0.25) is 0 Å². The smallest absolute Gasteiger partial charge is 0.315 e. The first-order valence-corrected chi connectivity index (χ1v) is 7.93. The van der Waals surface area contributed by atoms with Crippen LogP contribution in [-0.4, -0.2) is 25.0 Å². The number of benzene rings is 2. The zero-order valence-electron chi connectivity index (χ0n) is 13.5. The van der Waals surface area contributed by atoms with E-state index >= 15 is 0 Å². The Morgan fingerprint density at radius 3 is 2.25 bits per heavy atom. The van der Waals surface area contributed by atoms with E-state index in [-0.39, 0.29) is 38.0 Å². The van der Waals surface area contributed by atoms with E-state index in [1.807, 2.05) is 60.7 Å². The van der Waals surface area contributed by atoms with Crippen molar-refractivity contribution in [2.24, 2.45) is 5.73 Å². The number of carbonyl (C=O) groups is 2. The lowest BCUT2D eigenvalue weighted by atomic mass is 9.99. The zero-order chi connectivity index (χ0) is 17.2. The van der Waals surface area contributed by atoms with Gasteiger partial charge in [-0.15, -0.1) is 0 Å². The number of amides is 1. The molecule has 1 amide bonds. The summed E-state index contributed by atoms with van der Waals surface area (Å²) in [6, 6.07) is 18.8. The molecule has 0 saturated carbocycles. The van der Waals surface area contributed by atoms with Crippen LogP contribution in [0.5, 0.6) is 0 Å². The third-order valence-corrected chi connectivity index (χ3v) is 3.59. The zero-order valence-corrected chi connectivity index (χ0v) is 13.5. The lowest BCUT2D eigenvalue weighted by Crippen LogP contribution is -2.33. The Kier molecular flexibility index (Phi) is 6.98. The van der Waals surface area contributed by atoms with Gasteiger partial charge in [-0.05, 0) is 11.1 Å². The number of esters is 1. The van der Waals surface area contributed by atoms with Gasteiger partial charge in [-0.3, -0.25) is 9.59 Å². The number of carbonyl (C=O) groups excluding carboxylic acids is 2. The second kappa shape index (κ2) is 9.47.